The van der Waals surface area contributed by atoms with Crippen molar-refractivity contribution in [3.8, 4) is 0 Å². The maximum Gasteiger partial charge on any atom is 0.248 e. The van der Waals surface area contributed by atoms with E-state index in [1.54, 1.807) is 0 Å². The van der Waals surface area contributed by atoms with Crippen molar-refractivity contribution in [2.75, 3.05) is 26.2 Å². The molecule has 86 valence electrons. The minimum absolute atomic E-state index is 0.159. The molecule has 4 nitrogen and oxygen atoms in total. The third-order valence-electron chi connectivity index (χ3n) is 3.11. The highest BCUT2D eigenvalue weighted by Crippen LogP contribution is 2.26. The van der Waals surface area contributed by atoms with Crippen LogP contribution in [0.1, 0.15) is 26.2 Å². The molecular formula is C11H20N2O2. The topological polar surface area (TPSA) is 41.6 Å². The number of amides is 1. The predicted molar refractivity (Wildman–Crippen MR) is 57.6 cm³/mol. The van der Waals surface area contributed by atoms with E-state index in [1.165, 1.54) is 12.8 Å². The number of carbonyl (C=O) groups excluding carboxylic acids is 1. The molecule has 1 amide bonds. The van der Waals surface area contributed by atoms with E-state index in [4.69, 9.17) is 4.74 Å². The first-order valence-electron chi connectivity index (χ1n) is 5.93. The Morgan fingerprint density at radius 1 is 1.47 bits per heavy atom. The molecule has 1 aliphatic carbocycles. The summed E-state index contributed by atoms with van der Waals surface area (Å²) in [4.78, 5) is 13.7. The summed E-state index contributed by atoms with van der Waals surface area (Å²) in [6, 6.07) is 0.507. The highest BCUT2D eigenvalue weighted by molar-refractivity contribution is 5.78. The molecule has 0 radical (unpaired) electrons. The average molecular weight is 212 g/mol. The highest BCUT2D eigenvalue weighted by Gasteiger charge is 2.31. The molecule has 1 aliphatic heterocycles. The second kappa shape index (κ2) is 4.94. The summed E-state index contributed by atoms with van der Waals surface area (Å²) >= 11 is 0. The van der Waals surface area contributed by atoms with Crippen molar-refractivity contribution in [1.82, 2.24) is 10.2 Å². The zero-order chi connectivity index (χ0) is 10.7. The lowest BCUT2D eigenvalue weighted by molar-refractivity contribution is -0.138. The van der Waals surface area contributed by atoms with E-state index in [0.29, 0.717) is 6.04 Å². The van der Waals surface area contributed by atoms with Crippen LogP contribution in [0.3, 0.4) is 0 Å². The Bertz CT molecular complexity index is 223. The van der Waals surface area contributed by atoms with Crippen LogP contribution < -0.4 is 5.32 Å². The van der Waals surface area contributed by atoms with Gasteiger partial charge >= 0.3 is 0 Å². The van der Waals surface area contributed by atoms with Gasteiger partial charge in [-0.2, -0.15) is 0 Å². The van der Waals surface area contributed by atoms with Gasteiger partial charge in [-0.3, -0.25) is 4.79 Å². The number of hydrogen-bond acceptors (Lipinski definition) is 3. The zero-order valence-electron chi connectivity index (χ0n) is 9.37. The van der Waals surface area contributed by atoms with Crippen LogP contribution >= 0.6 is 0 Å². The van der Waals surface area contributed by atoms with E-state index in [0.717, 1.165) is 26.1 Å². The molecule has 2 aliphatic rings. The van der Waals surface area contributed by atoms with Crippen LogP contribution in [0.4, 0.5) is 0 Å². The molecule has 0 aromatic carbocycles. The Hall–Kier alpha value is -0.610. The van der Waals surface area contributed by atoms with Gasteiger partial charge in [0.15, 0.2) is 0 Å². The highest BCUT2D eigenvalue weighted by atomic mass is 16.5. The molecule has 2 fully saturated rings. The molecule has 2 rings (SSSR count). The van der Waals surface area contributed by atoms with Gasteiger partial charge in [-0.1, -0.05) is 0 Å². The molecule has 1 N–H and O–H groups in total. The minimum atomic E-state index is 0.159. The predicted octanol–water partition coefficient (Wildman–Crippen LogP) is 0.376. The number of hydrogen-bond donors (Lipinski definition) is 1. The largest absolute Gasteiger partial charge is 0.367 e. The maximum absolute atomic E-state index is 11.8. The fourth-order valence-corrected chi connectivity index (χ4v) is 2.07. The standard InChI is InChI=1S/C11H20N2O2/c1-2-13(9-3-4-9)11(14)8-15-10-5-6-12-7-10/h9-10,12H,2-8H2,1H3. The van der Waals surface area contributed by atoms with Crippen molar-refractivity contribution >= 4 is 5.91 Å². The molecule has 1 saturated carbocycles. The summed E-state index contributed by atoms with van der Waals surface area (Å²) in [5.41, 5.74) is 0. The van der Waals surface area contributed by atoms with Gasteiger partial charge in [-0.25, -0.2) is 0 Å². The molecule has 1 heterocycles. The van der Waals surface area contributed by atoms with Gasteiger partial charge < -0.3 is 15.0 Å². The smallest absolute Gasteiger partial charge is 0.248 e. The average Bonchev–Trinajstić information content (AvgIpc) is 2.93. The molecule has 1 unspecified atom stereocenters. The lowest BCUT2D eigenvalue weighted by Gasteiger charge is -2.21. The normalized spacial score (nSPS) is 25.5. The Balaban J connectivity index is 1.70. The van der Waals surface area contributed by atoms with Crippen LogP contribution in [0.25, 0.3) is 0 Å². The van der Waals surface area contributed by atoms with E-state index >= 15 is 0 Å². The second-order valence-electron chi connectivity index (χ2n) is 4.34. The summed E-state index contributed by atoms with van der Waals surface area (Å²) in [5, 5.41) is 3.22. The summed E-state index contributed by atoms with van der Waals surface area (Å²) in [7, 11) is 0. The molecule has 4 heteroatoms. The minimum Gasteiger partial charge on any atom is -0.367 e. The van der Waals surface area contributed by atoms with Gasteiger partial charge in [-0.15, -0.1) is 0 Å². The third kappa shape index (κ3) is 2.92. The third-order valence-corrected chi connectivity index (χ3v) is 3.11. The van der Waals surface area contributed by atoms with Gasteiger partial charge in [0.05, 0.1) is 6.10 Å². The van der Waals surface area contributed by atoms with E-state index in [2.05, 4.69) is 5.32 Å². The molecule has 0 aromatic rings. The van der Waals surface area contributed by atoms with Crippen molar-refractivity contribution in [3.05, 3.63) is 0 Å². The van der Waals surface area contributed by atoms with Gasteiger partial charge in [-0.05, 0) is 32.7 Å². The van der Waals surface area contributed by atoms with Crippen molar-refractivity contribution in [1.29, 1.82) is 0 Å². The van der Waals surface area contributed by atoms with Crippen LogP contribution in [0.5, 0.6) is 0 Å². The number of ether oxygens (including phenoxy) is 1. The van der Waals surface area contributed by atoms with Crippen LogP contribution in [-0.4, -0.2) is 49.2 Å². The van der Waals surface area contributed by atoms with Crippen LogP contribution in [0.2, 0.25) is 0 Å². The van der Waals surface area contributed by atoms with Crippen LogP contribution in [0.15, 0.2) is 0 Å². The molecule has 0 aromatic heterocycles. The maximum atomic E-state index is 11.8. The Labute approximate surface area is 91.0 Å². The number of likely N-dealkylation sites (N-methyl/N-ethyl adjacent to an activating group) is 1. The van der Waals surface area contributed by atoms with E-state index in [1.807, 2.05) is 11.8 Å². The Morgan fingerprint density at radius 3 is 2.80 bits per heavy atom. The van der Waals surface area contributed by atoms with E-state index in [-0.39, 0.29) is 18.6 Å². The Kier molecular flexibility index (Phi) is 3.59. The summed E-state index contributed by atoms with van der Waals surface area (Å²) in [5.74, 6) is 0.159. The number of carbonyl (C=O) groups is 1. The molecule has 15 heavy (non-hydrogen) atoms. The molecule has 1 atom stereocenters. The van der Waals surface area contributed by atoms with Crippen molar-refractivity contribution in [2.45, 2.75) is 38.3 Å². The molecular weight excluding hydrogens is 192 g/mol. The van der Waals surface area contributed by atoms with Gasteiger partial charge in [0.2, 0.25) is 5.91 Å². The second-order valence-corrected chi connectivity index (χ2v) is 4.34. The quantitative estimate of drug-likeness (QED) is 0.716. The SMILES string of the molecule is CCN(C(=O)COC1CCNC1)C1CC1. The molecule has 0 spiro atoms. The Morgan fingerprint density at radius 2 is 2.27 bits per heavy atom. The number of nitrogens with zero attached hydrogens (tertiary/aromatic N) is 1. The van der Waals surface area contributed by atoms with E-state index in [9.17, 15) is 4.79 Å². The van der Waals surface area contributed by atoms with Crippen molar-refractivity contribution in [2.24, 2.45) is 0 Å². The summed E-state index contributed by atoms with van der Waals surface area (Å²) in [6.07, 6.45) is 3.62. The van der Waals surface area contributed by atoms with Crippen molar-refractivity contribution < 1.29 is 9.53 Å². The fourth-order valence-electron chi connectivity index (χ4n) is 2.07. The number of rotatable bonds is 5. The summed E-state index contributed by atoms with van der Waals surface area (Å²) in [6.45, 7) is 5.02. The van der Waals surface area contributed by atoms with Crippen LogP contribution in [-0.2, 0) is 9.53 Å². The monoisotopic (exact) mass is 212 g/mol. The lowest BCUT2D eigenvalue weighted by Crippen LogP contribution is -2.37. The lowest BCUT2D eigenvalue weighted by atomic mass is 10.3. The summed E-state index contributed by atoms with van der Waals surface area (Å²) < 4.78 is 5.57. The van der Waals surface area contributed by atoms with Crippen LogP contribution in [0, 0.1) is 0 Å². The van der Waals surface area contributed by atoms with Gasteiger partial charge in [0.25, 0.3) is 0 Å². The van der Waals surface area contributed by atoms with Gasteiger partial charge in [0, 0.05) is 19.1 Å². The molecule has 0 bridgehead atoms. The first kappa shape index (κ1) is 10.9. The first-order chi connectivity index (χ1) is 7.31. The number of nitrogens with one attached hydrogen (secondary N) is 1. The van der Waals surface area contributed by atoms with Crippen molar-refractivity contribution in [3.63, 3.8) is 0 Å². The van der Waals surface area contributed by atoms with E-state index < -0.39 is 0 Å². The first-order valence-corrected chi connectivity index (χ1v) is 5.93. The zero-order valence-corrected chi connectivity index (χ0v) is 9.37. The molecule has 1 saturated heterocycles. The fraction of sp³-hybridized carbons (Fsp3) is 0.909. The van der Waals surface area contributed by atoms with Gasteiger partial charge in [0.1, 0.15) is 6.61 Å².